The second-order valence-corrected chi connectivity index (χ2v) is 4.59. The molecule has 0 unspecified atom stereocenters. The van der Waals surface area contributed by atoms with E-state index in [1.54, 1.807) is 0 Å². The summed E-state index contributed by atoms with van der Waals surface area (Å²) in [6.45, 7) is 3.82. The van der Waals surface area contributed by atoms with E-state index in [0.29, 0.717) is 0 Å². The van der Waals surface area contributed by atoms with Gasteiger partial charge in [0.05, 0.1) is 6.10 Å². The Labute approximate surface area is 97.8 Å². The number of alkyl halides is 3. The van der Waals surface area contributed by atoms with Gasteiger partial charge in [-0.15, -0.1) is 0 Å². The zero-order valence-electron chi connectivity index (χ0n) is 9.71. The van der Waals surface area contributed by atoms with Gasteiger partial charge in [0.25, 0.3) is 0 Å². The van der Waals surface area contributed by atoms with Crippen molar-refractivity contribution in [2.45, 2.75) is 44.9 Å². The van der Waals surface area contributed by atoms with Gasteiger partial charge in [-0.25, -0.2) is 4.98 Å². The number of ether oxygens (including phenoxy) is 1. The third-order valence-corrected chi connectivity index (χ3v) is 2.63. The Morgan fingerprint density at radius 2 is 2.00 bits per heavy atom. The van der Waals surface area contributed by atoms with Crippen molar-refractivity contribution in [2.24, 2.45) is 0 Å². The highest BCUT2D eigenvalue weighted by molar-refractivity contribution is 5.35. The van der Waals surface area contributed by atoms with Crippen LogP contribution in [-0.2, 0) is 6.18 Å². The molecule has 2 rings (SSSR count). The molecule has 1 saturated carbocycles. The molecule has 1 aromatic rings. The van der Waals surface area contributed by atoms with E-state index in [1.807, 2.05) is 13.8 Å². The Bertz CT molecular complexity index is 411. The van der Waals surface area contributed by atoms with Gasteiger partial charge < -0.3 is 4.74 Å². The van der Waals surface area contributed by atoms with Crippen LogP contribution in [0.1, 0.15) is 43.9 Å². The van der Waals surface area contributed by atoms with Crippen LogP contribution < -0.4 is 4.74 Å². The number of hydrogen-bond acceptors (Lipinski definition) is 2. The van der Waals surface area contributed by atoms with Crippen LogP contribution in [0.15, 0.2) is 12.3 Å². The quantitative estimate of drug-likeness (QED) is 0.808. The summed E-state index contributed by atoms with van der Waals surface area (Å²) < 4.78 is 43.4. The average molecular weight is 245 g/mol. The van der Waals surface area contributed by atoms with Crippen LogP contribution >= 0.6 is 0 Å². The Morgan fingerprint density at radius 3 is 2.47 bits per heavy atom. The van der Waals surface area contributed by atoms with Gasteiger partial charge in [0.1, 0.15) is 0 Å². The van der Waals surface area contributed by atoms with Crippen LogP contribution in [0.4, 0.5) is 13.2 Å². The molecular weight excluding hydrogens is 231 g/mol. The predicted octanol–water partition coefficient (Wildman–Crippen LogP) is 3.77. The molecule has 0 N–H and O–H groups in total. The maximum atomic E-state index is 12.7. The van der Waals surface area contributed by atoms with Crippen LogP contribution in [0.3, 0.4) is 0 Å². The molecule has 1 heterocycles. The van der Waals surface area contributed by atoms with Crippen molar-refractivity contribution in [3.05, 3.63) is 23.5 Å². The Morgan fingerprint density at radius 1 is 1.35 bits per heavy atom. The highest BCUT2D eigenvalue weighted by Crippen LogP contribution is 2.38. The topological polar surface area (TPSA) is 22.1 Å². The number of hydrogen-bond donors (Lipinski definition) is 0. The van der Waals surface area contributed by atoms with Crippen LogP contribution in [0.2, 0.25) is 0 Å². The van der Waals surface area contributed by atoms with E-state index in [9.17, 15) is 13.2 Å². The first-order valence-corrected chi connectivity index (χ1v) is 5.61. The van der Waals surface area contributed by atoms with Crippen LogP contribution in [0.5, 0.6) is 5.75 Å². The monoisotopic (exact) mass is 245 g/mol. The number of rotatable bonds is 3. The molecule has 0 bridgehead atoms. The summed E-state index contributed by atoms with van der Waals surface area (Å²) in [5.41, 5.74) is -0.164. The zero-order valence-corrected chi connectivity index (χ0v) is 9.71. The van der Waals surface area contributed by atoms with Gasteiger partial charge in [0.15, 0.2) is 11.4 Å². The molecule has 17 heavy (non-hydrogen) atoms. The molecule has 1 fully saturated rings. The third-order valence-electron chi connectivity index (χ3n) is 2.63. The fourth-order valence-electron chi connectivity index (χ4n) is 1.44. The SMILES string of the molecule is CC(C)c1cnc(C(F)(F)F)c(OC2CC2)c1. The first-order valence-electron chi connectivity index (χ1n) is 5.61. The maximum Gasteiger partial charge on any atom is 0.437 e. The lowest BCUT2D eigenvalue weighted by Gasteiger charge is -2.15. The summed E-state index contributed by atoms with van der Waals surface area (Å²) >= 11 is 0. The van der Waals surface area contributed by atoms with Crippen LogP contribution in [-0.4, -0.2) is 11.1 Å². The highest BCUT2D eigenvalue weighted by atomic mass is 19.4. The first kappa shape index (κ1) is 12.2. The van der Waals surface area contributed by atoms with E-state index in [4.69, 9.17) is 4.74 Å². The standard InChI is InChI=1S/C12H14F3NO/c1-7(2)8-5-10(17-9-3-4-9)11(16-6-8)12(13,14)15/h5-7,9H,3-4H2,1-2H3. The van der Waals surface area contributed by atoms with E-state index < -0.39 is 11.9 Å². The molecule has 0 saturated heterocycles. The molecule has 0 aliphatic heterocycles. The van der Waals surface area contributed by atoms with Crippen molar-refractivity contribution in [2.75, 3.05) is 0 Å². The van der Waals surface area contributed by atoms with Crippen molar-refractivity contribution in [3.63, 3.8) is 0 Å². The number of aromatic nitrogens is 1. The summed E-state index contributed by atoms with van der Waals surface area (Å²) in [5, 5.41) is 0. The smallest absolute Gasteiger partial charge is 0.437 e. The van der Waals surface area contributed by atoms with E-state index in [-0.39, 0.29) is 17.8 Å². The van der Waals surface area contributed by atoms with Gasteiger partial charge >= 0.3 is 6.18 Å². The number of nitrogens with zero attached hydrogens (tertiary/aromatic N) is 1. The van der Waals surface area contributed by atoms with Gasteiger partial charge in [-0.3, -0.25) is 0 Å². The average Bonchev–Trinajstić information content (AvgIpc) is 2.99. The number of halogens is 3. The normalized spacial score (nSPS) is 16.4. The molecule has 0 amide bonds. The van der Waals surface area contributed by atoms with Gasteiger partial charge in [0.2, 0.25) is 0 Å². The predicted molar refractivity (Wildman–Crippen MR) is 57.0 cm³/mol. The van der Waals surface area contributed by atoms with E-state index in [1.165, 1.54) is 12.3 Å². The fourth-order valence-corrected chi connectivity index (χ4v) is 1.44. The first-order chi connectivity index (χ1) is 7.88. The Balaban J connectivity index is 2.36. The number of pyridine rings is 1. The van der Waals surface area contributed by atoms with Crippen LogP contribution in [0.25, 0.3) is 0 Å². The molecule has 2 nitrogen and oxygen atoms in total. The lowest BCUT2D eigenvalue weighted by molar-refractivity contribution is -0.142. The largest absolute Gasteiger partial charge is 0.488 e. The van der Waals surface area contributed by atoms with Gasteiger partial charge in [-0.2, -0.15) is 13.2 Å². The van der Waals surface area contributed by atoms with Crippen molar-refractivity contribution < 1.29 is 17.9 Å². The van der Waals surface area contributed by atoms with E-state index in [2.05, 4.69) is 4.98 Å². The lowest BCUT2D eigenvalue weighted by Crippen LogP contribution is -2.12. The second kappa shape index (κ2) is 4.20. The Hall–Kier alpha value is -1.26. The molecule has 1 aliphatic rings. The van der Waals surface area contributed by atoms with Crippen molar-refractivity contribution in [1.82, 2.24) is 4.98 Å². The minimum absolute atomic E-state index is 0.0692. The van der Waals surface area contributed by atoms with Gasteiger partial charge in [-0.05, 0) is 30.4 Å². The molecule has 0 aromatic carbocycles. The molecular formula is C12H14F3NO. The summed E-state index contributed by atoms with van der Waals surface area (Å²) in [4.78, 5) is 3.50. The second-order valence-electron chi connectivity index (χ2n) is 4.59. The van der Waals surface area contributed by atoms with Crippen LogP contribution in [0, 0.1) is 0 Å². The lowest BCUT2D eigenvalue weighted by atomic mass is 10.1. The Kier molecular flexibility index (Phi) is 3.02. The summed E-state index contributed by atoms with van der Waals surface area (Å²) in [7, 11) is 0. The summed E-state index contributed by atoms with van der Waals surface area (Å²) in [6.07, 6.45) is -1.61. The molecule has 0 atom stereocenters. The fraction of sp³-hybridized carbons (Fsp3) is 0.583. The molecule has 5 heteroatoms. The highest BCUT2D eigenvalue weighted by Gasteiger charge is 2.38. The van der Waals surface area contributed by atoms with Crippen molar-refractivity contribution >= 4 is 0 Å². The molecule has 94 valence electrons. The van der Waals surface area contributed by atoms with E-state index in [0.717, 1.165) is 18.4 Å². The zero-order chi connectivity index (χ0) is 12.6. The maximum absolute atomic E-state index is 12.7. The van der Waals surface area contributed by atoms with Crippen molar-refractivity contribution in [1.29, 1.82) is 0 Å². The minimum atomic E-state index is -4.46. The van der Waals surface area contributed by atoms with Gasteiger partial charge in [0, 0.05) is 6.20 Å². The molecule has 1 aromatic heterocycles. The van der Waals surface area contributed by atoms with E-state index >= 15 is 0 Å². The molecule has 1 aliphatic carbocycles. The molecule has 0 radical (unpaired) electrons. The third kappa shape index (κ3) is 2.90. The molecule has 0 spiro atoms. The summed E-state index contributed by atoms with van der Waals surface area (Å²) in [6, 6.07) is 1.46. The summed E-state index contributed by atoms with van der Waals surface area (Å²) in [5.74, 6) is -0.00228. The van der Waals surface area contributed by atoms with Gasteiger partial charge in [-0.1, -0.05) is 13.8 Å². The van der Waals surface area contributed by atoms with Crippen molar-refractivity contribution in [3.8, 4) is 5.75 Å². The minimum Gasteiger partial charge on any atom is -0.488 e.